The first-order valence-electron chi connectivity index (χ1n) is 6.85. The summed E-state index contributed by atoms with van der Waals surface area (Å²) in [6.45, 7) is 4.29. The summed E-state index contributed by atoms with van der Waals surface area (Å²) in [5, 5.41) is 7.83. The summed E-state index contributed by atoms with van der Waals surface area (Å²) in [5.74, 6) is 0.613. The Hall–Kier alpha value is -2.14. The van der Waals surface area contributed by atoms with Crippen molar-refractivity contribution >= 4 is 22.5 Å². The molecule has 0 bridgehead atoms. The average molecular weight is 287 g/mol. The number of pyridine rings is 1. The summed E-state index contributed by atoms with van der Waals surface area (Å²) in [4.78, 5) is 16.8. The van der Waals surface area contributed by atoms with Crippen LogP contribution in [0.4, 0.5) is 5.82 Å². The van der Waals surface area contributed by atoms with Crippen molar-refractivity contribution in [1.82, 2.24) is 10.3 Å². The van der Waals surface area contributed by atoms with Crippen LogP contribution in [-0.2, 0) is 4.74 Å². The maximum absolute atomic E-state index is 12.5. The molecule has 2 N–H and O–H groups in total. The lowest BCUT2D eigenvalue weighted by Gasteiger charge is -2.25. The minimum Gasteiger partial charge on any atom is -0.382 e. The smallest absolute Gasteiger partial charge is 0.253 e. The van der Waals surface area contributed by atoms with E-state index < -0.39 is 5.54 Å². The SMILES string of the molecule is CNc1ncc(C(=O)NC(C)(C)COC)c2ccccc12. The van der Waals surface area contributed by atoms with E-state index in [0.717, 1.165) is 16.6 Å². The highest BCUT2D eigenvalue weighted by atomic mass is 16.5. The fraction of sp³-hybridized carbons (Fsp3) is 0.375. The molecule has 0 saturated heterocycles. The molecule has 5 nitrogen and oxygen atoms in total. The average Bonchev–Trinajstić information content (AvgIpc) is 2.45. The number of carbonyl (C=O) groups excluding carboxylic acids is 1. The fourth-order valence-corrected chi connectivity index (χ4v) is 2.34. The third kappa shape index (κ3) is 3.31. The Balaban J connectivity index is 2.41. The van der Waals surface area contributed by atoms with Crippen molar-refractivity contribution in [2.75, 3.05) is 26.1 Å². The third-order valence-electron chi connectivity index (χ3n) is 3.23. The van der Waals surface area contributed by atoms with E-state index in [1.807, 2.05) is 45.2 Å². The van der Waals surface area contributed by atoms with E-state index in [0.29, 0.717) is 12.2 Å². The molecule has 1 aromatic heterocycles. The molecule has 1 heterocycles. The van der Waals surface area contributed by atoms with Crippen molar-refractivity contribution in [3.8, 4) is 0 Å². The molecule has 0 spiro atoms. The minimum absolute atomic E-state index is 0.150. The van der Waals surface area contributed by atoms with Crippen LogP contribution < -0.4 is 10.6 Å². The molecule has 0 saturated carbocycles. The Morgan fingerprint density at radius 3 is 2.57 bits per heavy atom. The van der Waals surface area contributed by atoms with E-state index >= 15 is 0 Å². The summed E-state index contributed by atoms with van der Waals surface area (Å²) in [5.41, 5.74) is 0.128. The fourth-order valence-electron chi connectivity index (χ4n) is 2.34. The van der Waals surface area contributed by atoms with Crippen LogP contribution in [0.1, 0.15) is 24.2 Å². The maximum Gasteiger partial charge on any atom is 0.253 e. The highest BCUT2D eigenvalue weighted by molar-refractivity contribution is 6.09. The maximum atomic E-state index is 12.5. The molecule has 5 heteroatoms. The van der Waals surface area contributed by atoms with Crippen molar-refractivity contribution in [2.45, 2.75) is 19.4 Å². The molecule has 0 fully saturated rings. The van der Waals surface area contributed by atoms with Crippen LogP contribution in [0.15, 0.2) is 30.5 Å². The molecular weight excluding hydrogens is 266 g/mol. The van der Waals surface area contributed by atoms with Crippen LogP contribution in [0.2, 0.25) is 0 Å². The zero-order valence-corrected chi connectivity index (χ0v) is 12.9. The molecule has 112 valence electrons. The Morgan fingerprint density at radius 1 is 1.29 bits per heavy atom. The number of aromatic nitrogens is 1. The molecule has 21 heavy (non-hydrogen) atoms. The molecule has 0 radical (unpaired) electrons. The Morgan fingerprint density at radius 2 is 1.95 bits per heavy atom. The third-order valence-corrected chi connectivity index (χ3v) is 3.23. The second-order valence-corrected chi connectivity index (χ2v) is 5.59. The molecular formula is C16H21N3O2. The molecule has 2 rings (SSSR count). The molecule has 0 atom stereocenters. The zero-order chi connectivity index (χ0) is 15.5. The van der Waals surface area contributed by atoms with E-state index in [2.05, 4.69) is 15.6 Å². The lowest BCUT2D eigenvalue weighted by atomic mass is 10.0. The number of rotatable bonds is 5. The van der Waals surface area contributed by atoms with Gasteiger partial charge in [-0.2, -0.15) is 0 Å². The number of hydrogen-bond acceptors (Lipinski definition) is 4. The number of nitrogens with zero attached hydrogens (tertiary/aromatic N) is 1. The number of nitrogens with one attached hydrogen (secondary N) is 2. The van der Waals surface area contributed by atoms with Gasteiger partial charge in [0.2, 0.25) is 0 Å². The Bertz CT molecular complexity index is 653. The highest BCUT2D eigenvalue weighted by Crippen LogP contribution is 2.24. The predicted octanol–water partition coefficient (Wildman–Crippen LogP) is 2.43. The Labute approximate surface area is 124 Å². The lowest BCUT2D eigenvalue weighted by molar-refractivity contribution is 0.0821. The van der Waals surface area contributed by atoms with Gasteiger partial charge < -0.3 is 15.4 Å². The van der Waals surface area contributed by atoms with Gasteiger partial charge in [-0.05, 0) is 19.2 Å². The zero-order valence-electron chi connectivity index (χ0n) is 12.9. The second-order valence-electron chi connectivity index (χ2n) is 5.59. The number of fused-ring (bicyclic) bond motifs is 1. The van der Waals surface area contributed by atoms with Crippen molar-refractivity contribution in [2.24, 2.45) is 0 Å². The number of hydrogen-bond donors (Lipinski definition) is 2. The normalized spacial score (nSPS) is 11.4. The first-order valence-corrected chi connectivity index (χ1v) is 6.85. The number of ether oxygens (including phenoxy) is 1. The standard InChI is InChI=1S/C16H21N3O2/c1-16(2,10-21-4)19-15(20)13-9-18-14(17-3)12-8-6-5-7-11(12)13/h5-9H,10H2,1-4H3,(H,17,18)(H,19,20). The van der Waals surface area contributed by atoms with E-state index in [1.165, 1.54) is 0 Å². The number of anilines is 1. The van der Waals surface area contributed by atoms with Gasteiger partial charge in [0, 0.05) is 25.7 Å². The number of carbonyl (C=O) groups is 1. The van der Waals surface area contributed by atoms with Crippen molar-refractivity contribution in [3.63, 3.8) is 0 Å². The first-order chi connectivity index (χ1) is 9.98. The quantitative estimate of drug-likeness (QED) is 0.886. The van der Waals surface area contributed by atoms with Gasteiger partial charge in [-0.3, -0.25) is 4.79 Å². The van der Waals surface area contributed by atoms with Crippen molar-refractivity contribution in [1.29, 1.82) is 0 Å². The molecule has 0 unspecified atom stereocenters. The van der Waals surface area contributed by atoms with Crippen LogP contribution in [0.5, 0.6) is 0 Å². The van der Waals surface area contributed by atoms with Crippen LogP contribution in [0.3, 0.4) is 0 Å². The van der Waals surface area contributed by atoms with Gasteiger partial charge in [0.15, 0.2) is 0 Å². The summed E-state index contributed by atoms with van der Waals surface area (Å²) in [6.07, 6.45) is 1.60. The molecule has 2 aromatic rings. The number of amides is 1. The minimum atomic E-state index is -0.436. The molecule has 1 amide bonds. The van der Waals surface area contributed by atoms with E-state index in [1.54, 1.807) is 13.3 Å². The molecule has 1 aromatic carbocycles. The highest BCUT2D eigenvalue weighted by Gasteiger charge is 2.22. The second kappa shape index (κ2) is 6.10. The van der Waals surface area contributed by atoms with Gasteiger partial charge in [0.25, 0.3) is 5.91 Å². The van der Waals surface area contributed by atoms with Gasteiger partial charge in [-0.15, -0.1) is 0 Å². The molecule has 0 aliphatic heterocycles. The predicted molar refractivity (Wildman–Crippen MR) is 84.7 cm³/mol. The van der Waals surface area contributed by atoms with Gasteiger partial charge in [0.05, 0.1) is 17.7 Å². The summed E-state index contributed by atoms with van der Waals surface area (Å²) >= 11 is 0. The van der Waals surface area contributed by atoms with Crippen LogP contribution >= 0.6 is 0 Å². The number of methoxy groups -OCH3 is 1. The van der Waals surface area contributed by atoms with Gasteiger partial charge in [-0.1, -0.05) is 24.3 Å². The van der Waals surface area contributed by atoms with Crippen LogP contribution in [-0.4, -0.2) is 37.2 Å². The molecule has 0 aliphatic carbocycles. The van der Waals surface area contributed by atoms with Gasteiger partial charge in [0.1, 0.15) is 5.82 Å². The topological polar surface area (TPSA) is 63.2 Å². The lowest BCUT2D eigenvalue weighted by Crippen LogP contribution is -2.46. The largest absolute Gasteiger partial charge is 0.382 e. The van der Waals surface area contributed by atoms with Gasteiger partial charge in [-0.25, -0.2) is 4.98 Å². The van der Waals surface area contributed by atoms with Gasteiger partial charge >= 0.3 is 0 Å². The summed E-state index contributed by atoms with van der Waals surface area (Å²) < 4.78 is 5.13. The van der Waals surface area contributed by atoms with E-state index in [9.17, 15) is 4.79 Å². The monoisotopic (exact) mass is 287 g/mol. The van der Waals surface area contributed by atoms with Crippen LogP contribution in [0.25, 0.3) is 10.8 Å². The molecule has 0 aliphatic rings. The summed E-state index contributed by atoms with van der Waals surface area (Å²) in [7, 11) is 3.43. The van der Waals surface area contributed by atoms with E-state index in [4.69, 9.17) is 4.74 Å². The van der Waals surface area contributed by atoms with Crippen molar-refractivity contribution < 1.29 is 9.53 Å². The first kappa shape index (κ1) is 15.3. The Kier molecular flexibility index (Phi) is 4.43. The van der Waals surface area contributed by atoms with Crippen molar-refractivity contribution in [3.05, 3.63) is 36.0 Å². The van der Waals surface area contributed by atoms with E-state index in [-0.39, 0.29) is 5.91 Å². The summed E-state index contributed by atoms with van der Waals surface area (Å²) in [6, 6.07) is 7.72. The number of benzene rings is 1. The van der Waals surface area contributed by atoms with Crippen LogP contribution in [0, 0.1) is 0 Å².